The van der Waals surface area contributed by atoms with Gasteiger partial charge in [-0.25, -0.2) is 0 Å². The monoisotopic (exact) mass is 223 g/mol. The summed E-state index contributed by atoms with van der Waals surface area (Å²) in [5.41, 5.74) is 1.42. The predicted octanol–water partition coefficient (Wildman–Crippen LogP) is 2.74. The highest BCUT2D eigenvalue weighted by molar-refractivity contribution is 5.13. The number of hydrogen-bond acceptors (Lipinski definition) is 3. The van der Waals surface area contributed by atoms with Crippen molar-refractivity contribution in [2.45, 2.75) is 45.4 Å². The van der Waals surface area contributed by atoms with Crippen LogP contribution in [-0.4, -0.2) is 19.3 Å². The molecule has 0 radical (unpaired) electrons. The van der Waals surface area contributed by atoms with Crippen LogP contribution < -0.4 is 5.32 Å². The van der Waals surface area contributed by atoms with Crippen molar-refractivity contribution in [3.63, 3.8) is 0 Å². The number of hydrogen-bond donors (Lipinski definition) is 1. The number of nitrogens with one attached hydrogen (secondary N) is 1. The number of rotatable bonds is 4. The van der Waals surface area contributed by atoms with Crippen LogP contribution in [0.5, 0.6) is 0 Å². The van der Waals surface area contributed by atoms with Gasteiger partial charge in [0.25, 0.3) is 0 Å². The second kappa shape index (κ2) is 4.22. The second-order valence-electron chi connectivity index (χ2n) is 5.28. The Morgan fingerprint density at radius 1 is 1.56 bits per heavy atom. The Morgan fingerprint density at radius 3 is 2.81 bits per heavy atom. The molecule has 0 aromatic carbocycles. The number of furan rings is 1. The molecule has 3 nitrogen and oxygen atoms in total. The molecule has 1 aromatic heterocycles. The van der Waals surface area contributed by atoms with Gasteiger partial charge in [0.2, 0.25) is 0 Å². The average Bonchev–Trinajstić information content (AvgIpc) is 2.76. The molecule has 90 valence electrons. The Hall–Kier alpha value is -0.800. The molecule has 1 aliphatic carbocycles. The van der Waals surface area contributed by atoms with Gasteiger partial charge in [-0.15, -0.1) is 0 Å². The topological polar surface area (TPSA) is 34.4 Å². The third-order valence-corrected chi connectivity index (χ3v) is 3.96. The lowest BCUT2D eigenvalue weighted by Gasteiger charge is -2.52. The van der Waals surface area contributed by atoms with E-state index in [0.29, 0.717) is 18.2 Å². The normalized spacial score (nSPS) is 29.8. The van der Waals surface area contributed by atoms with Gasteiger partial charge in [-0.2, -0.15) is 0 Å². The third kappa shape index (κ3) is 1.89. The quantitative estimate of drug-likeness (QED) is 0.852. The van der Waals surface area contributed by atoms with Crippen molar-refractivity contribution in [2.24, 2.45) is 5.41 Å². The van der Waals surface area contributed by atoms with Crippen molar-refractivity contribution >= 4 is 0 Å². The van der Waals surface area contributed by atoms with E-state index in [1.54, 1.807) is 19.6 Å². The molecule has 3 heteroatoms. The van der Waals surface area contributed by atoms with Crippen molar-refractivity contribution in [2.75, 3.05) is 7.11 Å². The van der Waals surface area contributed by atoms with Gasteiger partial charge in [0.1, 0.15) is 0 Å². The highest BCUT2D eigenvalue weighted by Gasteiger charge is 2.48. The van der Waals surface area contributed by atoms with E-state index in [9.17, 15) is 0 Å². The standard InChI is InChI=1S/C13H21NO2/c1-9(10-5-6-16-8-10)14-11-7-12(15-4)13(11,2)3/h5-6,8-9,11-12,14H,7H2,1-4H3. The van der Waals surface area contributed by atoms with Gasteiger partial charge in [0.15, 0.2) is 0 Å². The molecule has 1 fully saturated rings. The molecule has 3 unspecified atom stereocenters. The maximum Gasteiger partial charge on any atom is 0.0950 e. The maximum absolute atomic E-state index is 5.45. The summed E-state index contributed by atoms with van der Waals surface area (Å²) < 4.78 is 10.5. The molecule has 1 heterocycles. The first-order valence-electron chi connectivity index (χ1n) is 5.86. The van der Waals surface area contributed by atoms with Crippen LogP contribution in [0.15, 0.2) is 23.0 Å². The van der Waals surface area contributed by atoms with Crippen molar-refractivity contribution in [3.8, 4) is 0 Å². The first kappa shape index (κ1) is 11.7. The predicted molar refractivity (Wildman–Crippen MR) is 63.2 cm³/mol. The number of methoxy groups -OCH3 is 1. The highest BCUT2D eigenvalue weighted by Crippen LogP contribution is 2.43. The molecule has 1 aromatic rings. The van der Waals surface area contributed by atoms with E-state index in [1.807, 2.05) is 6.07 Å². The minimum Gasteiger partial charge on any atom is -0.472 e. The zero-order valence-corrected chi connectivity index (χ0v) is 10.5. The third-order valence-electron chi connectivity index (χ3n) is 3.96. The van der Waals surface area contributed by atoms with Gasteiger partial charge in [0, 0.05) is 30.2 Å². The molecule has 1 N–H and O–H groups in total. The molecule has 0 amide bonds. The van der Waals surface area contributed by atoms with Gasteiger partial charge in [-0.3, -0.25) is 0 Å². The first-order chi connectivity index (χ1) is 7.55. The maximum atomic E-state index is 5.45. The summed E-state index contributed by atoms with van der Waals surface area (Å²) in [6.07, 6.45) is 4.99. The van der Waals surface area contributed by atoms with Crippen LogP contribution in [-0.2, 0) is 4.74 Å². The summed E-state index contributed by atoms with van der Waals surface area (Å²) in [5, 5.41) is 3.63. The lowest BCUT2D eigenvalue weighted by molar-refractivity contribution is -0.0999. The fourth-order valence-corrected chi connectivity index (χ4v) is 2.49. The van der Waals surface area contributed by atoms with E-state index in [4.69, 9.17) is 9.15 Å². The summed E-state index contributed by atoms with van der Waals surface area (Å²) in [6, 6.07) is 2.86. The van der Waals surface area contributed by atoms with E-state index in [-0.39, 0.29) is 5.41 Å². The smallest absolute Gasteiger partial charge is 0.0950 e. The Kier molecular flexibility index (Phi) is 3.08. The summed E-state index contributed by atoms with van der Waals surface area (Å²) in [5.74, 6) is 0. The van der Waals surface area contributed by atoms with Crippen LogP contribution in [0.3, 0.4) is 0 Å². The molecule has 3 atom stereocenters. The Labute approximate surface area is 97.2 Å². The molecular formula is C13H21NO2. The van der Waals surface area contributed by atoms with Crippen LogP contribution in [0.25, 0.3) is 0 Å². The van der Waals surface area contributed by atoms with Crippen LogP contribution in [0.4, 0.5) is 0 Å². The zero-order valence-electron chi connectivity index (χ0n) is 10.5. The van der Waals surface area contributed by atoms with Gasteiger partial charge in [-0.05, 0) is 19.4 Å². The van der Waals surface area contributed by atoms with Crippen molar-refractivity contribution in [3.05, 3.63) is 24.2 Å². The number of ether oxygens (including phenoxy) is 1. The van der Waals surface area contributed by atoms with Crippen molar-refractivity contribution in [1.82, 2.24) is 5.32 Å². The lowest BCUT2D eigenvalue weighted by atomic mass is 9.64. The second-order valence-corrected chi connectivity index (χ2v) is 5.28. The highest BCUT2D eigenvalue weighted by atomic mass is 16.5. The minimum absolute atomic E-state index is 0.215. The molecular weight excluding hydrogens is 202 g/mol. The minimum atomic E-state index is 0.215. The fourth-order valence-electron chi connectivity index (χ4n) is 2.49. The van der Waals surface area contributed by atoms with Crippen LogP contribution in [0.1, 0.15) is 38.8 Å². The van der Waals surface area contributed by atoms with Gasteiger partial charge < -0.3 is 14.5 Å². The van der Waals surface area contributed by atoms with E-state index in [2.05, 4.69) is 26.1 Å². The Morgan fingerprint density at radius 2 is 2.31 bits per heavy atom. The first-order valence-corrected chi connectivity index (χ1v) is 5.86. The van der Waals surface area contributed by atoms with Crippen LogP contribution >= 0.6 is 0 Å². The molecule has 16 heavy (non-hydrogen) atoms. The Bertz CT molecular complexity index is 332. The average molecular weight is 223 g/mol. The van der Waals surface area contributed by atoms with Crippen molar-refractivity contribution in [1.29, 1.82) is 0 Å². The molecule has 1 saturated carbocycles. The van der Waals surface area contributed by atoms with Gasteiger partial charge >= 0.3 is 0 Å². The summed E-state index contributed by atoms with van der Waals surface area (Å²) in [7, 11) is 1.79. The van der Waals surface area contributed by atoms with E-state index < -0.39 is 0 Å². The van der Waals surface area contributed by atoms with Gasteiger partial charge in [-0.1, -0.05) is 13.8 Å². The Balaban J connectivity index is 1.92. The van der Waals surface area contributed by atoms with E-state index in [1.165, 1.54) is 5.56 Å². The molecule has 0 bridgehead atoms. The zero-order chi connectivity index (χ0) is 11.8. The van der Waals surface area contributed by atoms with Crippen LogP contribution in [0, 0.1) is 5.41 Å². The van der Waals surface area contributed by atoms with E-state index >= 15 is 0 Å². The lowest BCUT2D eigenvalue weighted by Crippen LogP contribution is -2.60. The summed E-state index contributed by atoms with van der Waals surface area (Å²) >= 11 is 0. The molecule has 1 aliphatic rings. The van der Waals surface area contributed by atoms with E-state index in [0.717, 1.165) is 6.42 Å². The largest absolute Gasteiger partial charge is 0.472 e. The molecule has 0 aliphatic heterocycles. The fraction of sp³-hybridized carbons (Fsp3) is 0.692. The molecule has 2 rings (SSSR count). The molecule has 0 saturated heterocycles. The summed E-state index contributed by atoms with van der Waals surface area (Å²) in [4.78, 5) is 0. The van der Waals surface area contributed by atoms with Gasteiger partial charge in [0.05, 0.1) is 18.6 Å². The summed E-state index contributed by atoms with van der Waals surface area (Å²) in [6.45, 7) is 6.68. The van der Waals surface area contributed by atoms with Crippen molar-refractivity contribution < 1.29 is 9.15 Å². The SMILES string of the molecule is COC1CC(NC(C)c2ccoc2)C1(C)C. The van der Waals surface area contributed by atoms with Crippen LogP contribution in [0.2, 0.25) is 0 Å². The molecule has 0 spiro atoms.